The number of hydrogen-bond donors (Lipinski definition) is 3. The summed E-state index contributed by atoms with van der Waals surface area (Å²) in [6.45, 7) is 1.57. The minimum Gasteiger partial charge on any atom is -0.382 e. The standard InChI is InChI=1S/C24H30N7O5P/c1-15(30-35-21(18-8-9-18)17-5-3-2-4-6-17)24(32)36-37(26,33)34-12-16-7-10-19(11-16)31-14-29-20-22(25)27-13-28-23(20)31/h2-7,10,13-16,18-19,21,30H,8-9,11-12H2,1H3,(H2,26,33)(H2,25,27,28)/t15-,16-,19+,21?,37?/m0/s1. The highest BCUT2D eigenvalue weighted by Crippen LogP contribution is 2.44. The van der Waals surface area contributed by atoms with Gasteiger partial charge in [-0.05, 0) is 37.7 Å². The Morgan fingerprint density at radius 2 is 2.00 bits per heavy atom. The molecule has 0 spiro atoms. The van der Waals surface area contributed by atoms with Gasteiger partial charge in [0.05, 0.1) is 19.0 Å². The number of hydrogen-bond acceptors (Lipinski definition) is 10. The number of nitrogens with one attached hydrogen (secondary N) is 1. The molecule has 5 atom stereocenters. The molecule has 2 aromatic heterocycles. The van der Waals surface area contributed by atoms with Gasteiger partial charge < -0.3 is 14.8 Å². The highest BCUT2D eigenvalue weighted by molar-refractivity contribution is 7.51. The number of carbonyl (C=O) groups excluding carboxylic acids is 1. The number of anilines is 1. The Kier molecular flexibility index (Phi) is 7.36. The summed E-state index contributed by atoms with van der Waals surface area (Å²) >= 11 is 0. The number of carbonyl (C=O) groups is 1. The third kappa shape index (κ3) is 6.06. The zero-order valence-electron chi connectivity index (χ0n) is 20.3. The van der Waals surface area contributed by atoms with E-state index in [1.54, 1.807) is 13.3 Å². The first kappa shape index (κ1) is 25.5. The van der Waals surface area contributed by atoms with Crippen LogP contribution in [0.4, 0.5) is 5.82 Å². The van der Waals surface area contributed by atoms with Crippen molar-refractivity contribution in [2.24, 2.45) is 17.3 Å². The number of imidazole rings is 1. The Bertz CT molecular complexity index is 1330. The monoisotopic (exact) mass is 527 g/mol. The number of fused-ring (bicyclic) bond motifs is 1. The molecule has 0 aliphatic heterocycles. The fourth-order valence-corrected chi connectivity index (χ4v) is 5.19. The van der Waals surface area contributed by atoms with Gasteiger partial charge in [0, 0.05) is 5.92 Å². The molecule has 2 aliphatic carbocycles. The molecule has 2 unspecified atom stereocenters. The van der Waals surface area contributed by atoms with E-state index in [0.717, 1.165) is 18.4 Å². The van der Waals surface area contributed by atoms with Crippen LogP contribution in [0.25, 0.3) is 11.2 Å². The summed E-state index contributed by atoms with van der Waals surface area (Å²) < 4.78 is 24.9. The van der Waals surface area contributed by atoms with Gasteiger partial charge in [0.1, 0.15) is 24.0 Å². The lowest BCUT2D eigenvalue weighted by molar-refractivity contribution is -0.144. The van der Waals surface area contributed by atoms with E-state index in [1.165, 1.54) is 6.33 Å². The van der Waals surface area contributed by atoms with Crippen molar-refractivity contribution in [2.75, 3.05) is 12.3 Å². The molecule has 2 heterocycles. The van der Waals surface area contributed by atoms with Gasteiger partial charge in [-0.2, -0.15) is 5.48 Å². The minimum atomic E-state index is -4.13. The van der Waals surface area contributed by atoms with Gasteiger partial charge in [0.15, 0.2) is 11.5 Å². The van der Waals surface area contributed by atoms with Gasteiger partial charge in [-0.1, -0.05) is 42.5 Å². The smallest absolute Gasteiger partial charge is 0.382 e. The largest absolute Gasteiger partial charge is 0.458 e. The average Bonchev–Trinajstić information content (AvgIpc) is 3.44. The van der Waals surface area contributed by atoms with E-state index >= 15 is 0 Å². The molecule has 0 amide bonds. The number of nitrogens with zero attached hydrogens (tertiary/aromatic N) is 4. The summed E-state index contributed by atoms with van der Waals surface area (Å²) in [4.78, 5) is 30.8. The maximum Gasteiger partial charge on any atom is 0.458 e. The van der Waals surface area contributed by atoms with E-state index in [1.807, 2.05) is 47.1 Å². The Balaban J connectivity index is 1.09. The third-order valence-corrected chi connectivity index (χ3v) is 7.43. The van der Waals surface area contributed by atoms with Crippen molar-refractivity contribution < 1.29 is 23.2 Å². The molecule has 5 N–H and O–H groups in total. The van der Waals surface area contributed by atoms with Crippen LogP contribution in [0.1, 0.15) is 43.9 Å². The lowest BCUT2D eigenvalue weighted by Crippen LogP contribution is -2.37. The molecule has 1 fully saturated rings. The predicted molar refractivity (Wildman–Crippen MR) is 135 cm³/mol. The van der Waals surface area contributed by atoms with Crippen LogP contribution in [0.5, 0.6) is 0 Å². The molecule has 3 aromatic rings. The van der Waals surface area contributed by atoms with Crippen molar-refractivity contribution in [2.45, 2.75) is 44.4 Å². The molecular formula is C24H30N7O5P. The second-order valence-corrected chi connectivity index (χ2v) is 10.9. The molecule has 1 saturated carbocycles. The summed E-state index contributed by atoms with van der Waals surface area (Å²) in [6.07, 6.45) is 9.53. The van der Waals surface area contributed by atoms with E-state index in [9.17, 15) is 9.36 Å². The highest BCUT2D eigenvalue weighted by Gasteiger charge is 2.35. The molecule has 13 heteroatoms. The number of rotatable bonds is 11. The number of nitrogen functional groups attached to an aromatic ring is 1. The molecule has 37 heavy (non-hydrogen) atoms. The van der Waals surface area contributed by atoms with Gasteiger partial charge in [0.25, 0.3) is 0 Å². The van der Waals surface area contributed by atoms with Gasteiger partial charge in [-0.25, -0.2) is 29.8 Å². The summed E-state index contributed by atoms with van der Waals surface area (Å²) in [5.41, 5.74) is 16.5. The third-order valence-electron chi connectivity index (χ3n) is 6.48. The fourth-order valence-electron chi connectivity index (χ4n) is 4.33. The summed E-state index contributed by atoms with van der Waals surface area (Å²) in [5, 5.41) is 0. The zero-order valence-corrected chi connectivity index (χ0v) is 21.2. The fraction of sp³-hybridized carbons (Fsp3) is 0.417. The van der Waals surface area contributed by atoms with Crippen LogP contribution in [0.3, 0.4) is 0 Å². The summed E-state index contributed by atoms with van der Waals surface area (Å²) in [5.74, 6) is -0.221. The Labute approximate surface area is 213 Å². The van der Waals surface area contributed by atoms with Crippen LogP contribution in [-0.2, 0) is 23.2 Å². The second-order valence-electron chi connectivity index (χ2n) is 9.40. The zero-order chi connectivity index (χ0) is 26.0. The predicted octanol–water partition coefficient (Wildman–Crippen LogP) is 3.21. The van der Waals surface area contributed by atoms with Crippen molar-refractivity contribution in [3.05, 3.63) is 60.7 Å². The van der Waals surface area contributed by atoms with E-state index in [4.69, 9.17) is 25.1 Å². The van der Waals surface area contributed by atoms with Crippen LogP contribution in [0.15, 0.2) is 55.1 Å². The van der Waals surface area contributed by atoms with Crippen molar-refractivity contribution >= 4 is 30.7 Å². The van der Waals surface area contributed by atoms with Crippen LogP contribution in [-0.4, -0.2) is 38.1 Å². The quantitative estimate of drug-likeness (QED) is 0.190. The number of aromatic nitrogens is 4. The van der Waals surface area contributed by atoms with Gasteiger partial charge in [0.2, 0.25) is 0 Å². The van der Waals surface area contributed by atoms with Crippen LogP contribution < -0.4 is 16.7 Å². The first-order valence-electron chi connectivity index (χ1n) is 12.1. The number of allylic oxidation sites excluding steroid dienone is 1. The van der Waals surface area contributed by atoms with E-state index in [-0.39, 0.29) is 24.7 Å². The molecule has 0 bridgehead atoms. The number of hydroxylamine groups is 1. The summed E-state index contributed by atoms with van der Waals surface area (Å²) in [7, 11) is -4.13. The van der Waals surface area contributed by atoms with Gasteiger partial charge in [-0.3, -0.25) is 9.36 Å². The van der Waals surface area contributed by atoms with Crippen molar-refractivity contribution in [1.29, 1.82) is 0 Å². The Morgan fingerprint density at radius 1 is 1.22 bits per heavy atom. The Hall–Kier alpha value is -3.15. The maximum atomic E-state index is 12.7. The second kappa shape index (κ2) is 10.7. The van der Waals surface area contributed by atoms with E-state index in [0.29, 0.717) is 29.3 Å². The van der Waals surface area contributed by atoms with Crippen LogP contribution in [0.2, 0.25) is 0 Å². The van der Waals surface area contributed by atoms with Gasteiger partial charge >= 0.3 is 13.7 Å². The molecule has 0 saturated heterocycles. The normalized spacial score (nSPS) is 22.5. The van der Waals surface area contributed by atoms with E-state index < -0.39 is 19.8 Å². The molecule has 1 aromatic carbocycles. The summed E-state index contributed by atoms with van der Waals surface area (Å²) in [6, 6.07) is 8.84. The van der Waals surface area contributed by atoms with Crippen LogP contribution in [0, 0.1) is 11.8 Å². The Morgan fingerprint density at radius 3 is 2.76 bits per heavy atom. The topological polar surface area (TPSA) is 170 Å². The molecule has 0 radical (unpaired) electrons. The van der Waals surface area contributed by atoms with Crippen molar-refractivity contribution in [3.63, 3.8) is 0 Å². The SMILES string of the molecule is C[C@H](NOC(c1ccccc1)C1CC1)C(=O)OP(N)(=O)OC[C@H]1C=C[C@@H](n2cnc3c(N)ncnc32)C1. The van der Waals surface area contributed by atoms with E-state index in [2.05, 4.69) is 20.4 Å². The molecular weight excluding hydrogens is 497 g/mol. The molecule has 2 aliphatic rings. The first-order chi connectivity index (χ1) is 17.8. The lowest BCUT2D eigenvalue weighted by atomic mass is 10.1. The highest BCUT2D eigenvalue weighted by atomic mass is 31.2. The molecule has 12 nitrogen and oxygen atoms in total. The molecule has 5 rings (SSSR count). The van der Waals surface area contributed by atoms with Gasteiger partial charge in [-0.15, -0.1) is 0 Å². The van der Waals surface area contributed by atoms with Crippen molar-refractivity contribution in [3.8, 4) is 0 Å². The van der Waals surface area contributed by atoms with Crippen LogP contribution >= 0.6 is 7.75 Å². The first-order valence-corrected chi connectivity index (χ1v) is 13.8. The average molecular weight is 528 g/mol. The molecule has 196 valence electrons. The number of benzene rings is 1. The van der Waals surface area contributed by atoms with Crippen molar-refractivity contribution in [1.82, 2.24) is 25.0 Å². The minimum absolute atomic E-state index is 0.0217. The lowest BCUT2D eigenvalue weighted by Gasteiger charge is -2.22. The number of nitrogens with two attached hydrogens (primary N) is 2. The maximum absolute atomic E-state index is 12.7.